The highest BCUT2D eigenvalue weighted by molar-refractivity contribution is 9.10. The number of aryl methyl sites for hydroxylation is 1. The van der Waals surface area contributed by atoms with Gasteiger partial charge in [0.05, 0.1) is 11.9 Å². The van der Waals surface area contributed by atoms with Crippen molar-refractivity contribution in [2.24, 2.45) is 17.8 Å². The fourth-order valence-electron chi connectivity index (χ4n) is 2.52. The summed E-state index contributed by atoms with van der Waals surface area (Å²) < 4.78 is 2.11. The Morgan fingerprint density at radius 1 is 1.29 bits per heavy atom. The van der Waals surface area contributed by atoms with Crippen LogP contribution >= 0.6 is 15.9 Å². The third-order valence-electron chi connectivity index (χ3n) is 3.95. The van der Waals surface area contributed by atoms with E-state index < -0.39 is 0 Å². The normalized spacial score (nSPS) is 11.7. The summed E-state index contributed by atoms with van der Waals surface area (Å²) in [5.74, 6) is 1.78. The van der Waals surface area contributed by atoms with Crippen LogP contribution in [0.5, 0.6) is 0 Å². The van der Waals surface area contributed by atoms with E-state index in [-0.39, 0.29) is 5.56 Å². The van der Waals surface area contributed by atoms with Gasteiger partial charge in [-0.1, -0.05) is 41.0 Å². The molecule has 1 aromatic rings. The number of hydrogen-bond acceptors (Lipinski definition) is 3. The van der Waals surface area contributed by atoms with Gasteiger partial charge in [-0.2, -0.15) is 5.10 Å². The maximum Gasteiger partial charge on any atom is 0.283 e. The van der Waals surface area contributed by atoms with Crippen LogP contribution in [0.3, 0.4) is 0 Å². The Morgan fingerprint density at radius 3 is 2.43 bits per heavy atom. The highest BCUT2D eigenvalue weighted by Crippen LogP contribution is 2.23. The first-order valence-electron chi connectivity index (χ1n) is 7.87. The fourth-order valence-corrected chi connectivity index (χ4v) is 2.97. The van der Waals surface area contributed by atoms with Crippen LogP contribution in [0.1, 0.15) is 47.5 Å². The van der Waals surface area contributed by atoms with E-state index in [1.807, 2.05) is 0 Å². The van der Waals surface area contributed by atoms with Gasteiger partial charge in [-0.05, 0) is 40.1 Å². The maximum atomic E-state index is 12.2. The molecule has 1 rings (SSSR count). The molecule has 0 saturated carbocycles. The fraction of sp³-hybridized carbons (Fsp3) is 0.750. The first-order valence-corrected chi connectivity index (χ1v) is 8.67. The molecule has 0 aliphatic carbocycles. The zero-order valence-corrected chi connectivity index (χ0v) is 15.4. The number of nitrogens with one attached hydrogen (secondary N) is 1. The number of hydrogen-bond donors (Lipinski definition) is 1. The molecule has 0 saturated heterocycles. The lowest BCUT2D eigenvalue weighted by atomic mass is 9.85. The van der Waals surface area contributed by atoms with Crippen LogP contribution in [0.15, 0.2) is 15.5 Å². The van der Waals surface area contributed by atoms with Gasteiger partial charge in [0.1, 0.15) is 4.47 Å². The van der Waals surface area contributed by atoms with E-state index in [0.717, 1.165) is 25.1 Å². The lowest BCUT2D eigenvalue weighted by Crippen LogP contribution is -2.28. The molecule has 0 fully saturated rings. The molecule has 0 aliphatic rings. The van der Waals surface area contributed by atoms with Gasteiger partial charge in [-0.3, -0.25) is 4.79 Å². The number of halogens is 1. The summed E-state index contributed by atoms with van der Waals surface area (Å²) in [6, 6.07) is 0. The summed E-state index contributed by atoms with van der Waals surface area (Å²) in [5, 5.41) is 7.63. The number of rotatable bonds is 8. The van der Waals surface area contributed by atoms with Crippen LogP contribution < -0.4 is 10.9 Å². The molecule has 0 unspecified atom stereocenters. The van der Waals surface area contributed by atoms with Crippen LogP contribution in [-0.2, 0) is 6.54 Å². The predicted molar refractivity (Wildman–Crippen MR) is 92.8 cm³/mol. The van der Waals surface area contributed by atoms with Crippen molar-refractivity contribution in [3.8, 4) is 0 Å². The van der Waals surface area contributed by atoms with E-state index in [2.05, 4.69) is 61.0 Å². The molecule has 0 spiro atoms. The minimum Gasteiger partial charge on any atom is -0.382 e. The van der Waals surface area contributed by atoms with Gasteiger partial charge in [0, 0.05) is 13.1 Å². The Balaban J connectivity index is 2.81. The van der Waals surface area contributed by atoms with Crippen molar-refractivity contribution in [2.45, 2.75) is 54.0 Å². The van der Waals surface area contributed by atoms with E-state index in [0.29, 0.717) is 28.8 Å². The molecule has 0 radical (unpaired) electrons. The molecule has 21 heavy (non-hydrogen) atoms. The quantitative estimate of drug-likeness (QED) is 0.760. The van der Waals surface area contributed by atoms with Gasteiger partial charge in [0.2, 0.25) is 0 Å². The van der Waals surface area contributed by atoms with Gasteiger partial charge in [0.15, 0.2) is 0 Å². The molecule has 1 heterocycles. The summed E-state index contributed by atoms with van der Waals surface area (Å²) >= 11 is 3.41. The number of nitrogens with zero attached hydrogens (tertiary/aromatic N) is 2. The molecule has 120 valence electrons. The smallest absolute Gasteiger partial charge is 0.283 e. The molecule has 1 aromatic heterocycles. The van der Waals surface area contributed by atoms with Crippen LogP contribution in [0.25, 0.3) is 0 Å². The number of unbranched alkanes of at least 4 members (excludes halogenated alkanes) is 1. The van der Waals surface area contributed by atoms with E-state index in [1.54, 1.807) is 6.20 Å². The lowest BCUT2D eigenvalue weighted by molar-refractivity contribution is 0.304. The van der Waals surface area contributed by atoms with Crippen molar-refractivity contribution in [1.29, 1.82) is 0 Å². The summed E-state index contributed by atoms with van der Waals surface area (Å²) in [4.78, 5) is 12.2. The summed E-state index contributed by atoms with van der Waals surface area (Å²) in [6.45, 7) is 12.6. The Kier molecular flexibility index (Phi) is 7.43. The molecule has 4 nitrogen and oxygen atoms in total. The van der Waals surface area contributed by atoms with Gasteiger partial charge < -0.3 is 5.32 Å². The van der Waals surface area contributed by atoms with Crippen molar-refractivity contribution in [3.05, 3.63) is 21.0 Å². The predicted octanol–water partition coefficient (Wildman–Crippen LogP) is 4.15. The molecule has 0 amide bonds. The van der Waals surface area contributed by atoms with Crippen molar-refractivity contribution in [3.63, 3.8) is 0 Å². The number of anilines is 1. The van der Waals surface area contributed by atoms with E-state index in [1.165, 1.54) is 4.68 Å². The van der Waals surface area contributed by atoms with Crippen LogP contribution in [0.2, 0.25) is 0 Å². The Labute approximate surface area is 136 Å². The zero-order chi connectivity index (χ0) is 16.0. The third kappa shape index (κ3) is 5.13. The molecule has 0 aliphatic heterocycles. The summed E-state index contributed by atoms with van der Waals surface area (Å²) in [7, 11) is 0. The monoisotopic (exact) mass is 357 g/mol. The Morgan fingerprint density at radius 2 is 1.90 bits per heavy atom. The molecule has 5 heteroatoms. The van der Waals surface area contributed by atoms with Gasteiger partial charge in [0.25, 0.3) is 5.56 Å². The average molecular weight is 358 g/mol. The van der Waals surface area contributed by atoms with Gasteiger partial charge in [-0.15, -0.1) is 0 Å². The van der Waals surface area contributed by atoms with Crippen molar-refractivity contribution in [2.75, 3.05) is 11.9 Å². The SMILES string of the molecule is CCCCn1ncc(NCC(C(C)C)C(C)C)c(Br)c1=O. The topological polar surface area (TPSA) is 46.9 Å². The molecule has 0 aromatic carbocycles. The third-order valence-corrected chi connectivity index (χ3v) is 4.72. The van der Waals surface area contributed by atoms with E-state index in [9.17, 15) is 4.79 Å². The second-order valence-corrected chi connectivity index (χ2v) is 7.08. The van der Waals surface area contributed by atoms with Gasteiger partial charge >= 0.3 is 0 Å². The minimum absolute atomic E-state index is 0.0564. The van der Waals surface area contributed by atoms with E-state index in [4.69, 9.17) is 0 Å². The van der Waals surface area contributed by atoms with Crippen molar-refractivity contribution < 1.29 is 0 Å². The minimum atomic E-state index is -0.0564. The highest BCUT2D eigenvalue weighted by atomic mass is 79.9. The summed E-state index contributed by atoms with van der Waals surface area (Å²) in [6.07, 6.45) is 3.77. The zero-order valence-electron chi connectivity index (χ0n) is 13.8. The summed E-state index contributed by atoms with van der Waals surface area (Å²) in [5.41, 5.74) is 0.734. The molecular formula is C16H28BrN3O. The van der Waals surface area contributed by atoms with Crippen LogP contribution in [-0.4, -0.2) is 16.3 Å². The first kappa shape index (κ1) is 18.2. The largest absolute Gasteiger partial charge is 0.382 e. The van der Waals surface area contributed by atoms with Crippen molar-refractivity contribution in [1.82, 2.24) is 9.78 Å². The maximum absolute atomic E-state index is 12.2. The standard InChI is InChI=1S/C16H28BrN3O/c1-6-7-8-20-16(21)15(17)14(10-19-20)18-9-13(11(2)3)12(4)5/h10-13,18H,6-9H2,1-5H3. The molecular weight excluding hydrogens is 330 g/mol. The van der Waals surface area contributed by atoms with Crippen LogP contribution in [0, 0.1) is 17.8 Å². The second kappa shape index (κ2) is 8.57. The van der Waals surface area contributed by atoms with Crippen molar-refractivity contribution >= 4 is 21.6 Å². The molecule has 1 N–H and O–H groups in total. The van der Waals surface area contributed by atoms with Crippen LogP contribution in [0.4, 0.5) is 5.69 Å². The van der Waals surface area contributed by atoms with E-state index >= 15 is 0 Å². The number of aromatic nitrogens is 2. The Hall–Kier alpha value is -0.840. The second-order valence-electron chi connectivity index (χ2n) is 6.29. The Bertz CT molecular complexity index is 489. The molecule has 0 bridgehead atoms. The molecule has 0 atom stereocenters. The van der Waals surface area contributed by atoms with Gasteiger partial charge in [-0.25, -0.2) is 4.68 Å². The highest BCUT2D eigenvalue weighted by Gasteiger charge is 2.18. The average Bonchev–Trinajstić information content (AvgIpc) is 2.42. The first-order chi connectivity index (χ1) is 9.88. The lowest BCUT2D eigenvalue weighted by Gasteiger charge is -2.25.